The summed E-state index contributed by atoms with van der Waals surface area (Å²) in [6.45, 7) is 2.02. The Kier molecular flexibility index (Phi) is 8.43. The Labute approximate surface area is 197 Å². The first-order valence-corrected chi connectivity index (χ1v) is 12.7. The molecule has 0 bridgehead atoms. The summed E-state index contributed by atoms with van der Waals surface area (Å²) in [5, 5.41) is 5.86. The molecule has 175 valence electrons. The average Bonchev–Trinajstić information content (AvgIpc) is 3.27. The molecule has 0 fully saturated rings. The predicted octanol–water partition coefficient (Wildman–Crippen LogP) is 3.76. The second-order valence-corrected chi connectivity index (χ2v) is 9.43. The van der Waals surface area contributed by atoms with E-state index < -0.39 is 10.3 Å². The molecule has 33 heavy (non-hydrogen) atoms. The summed E-state index contributed by atoms with van der Waals surface area (Å²) in [5.74, 6) is 0.656. The molecule has 1 unspecified atom stereocenters. The molecular formula is C23H26N3O5S2. The average molecular weight is 489 g/mol. The number of anilines is 1. The molecule has 8 nitrogen and oxygen atoms in total. The quantitative estimate of drug-likeness (QED) is 0.354. The highest BCUT2D eigenvalue weighted by molar-refractivity contribution is 7.87. The molecule has 3 aromatic rings. The van der Waals surface area contributed by atoms with E-state index in [1.54, 1.807) is 13.2 Å². The number of aromatic nitrogens is 1. The normalized spacial score (nSPS) is 12.2. The molecule has 0 aliphatic heterocycles. The predicted molar refractivity (Wildman–Crippen MR) is 128 cm³/mol. The van der Waals surface area contributed by atoms with E-state index in [4.69, 9.17) is 9.29 Å². The van der Waals surface area contributed by atoms with E-state index in [9.17, 15) is 13.2 Å². The SMILES string of the molecule is CCc1csc(C(Cc2[c]cc(NS(=O)(=O)O)cc2)NC(=O)CCc2cccc(OC)c2)n1. The lowest BCUT2D eigenvalue weighted by Gasteiger charge is -2.17. The van der Waals surface area contributed by atoms with Crippen LogP contribution in [0, 0.1) is 6.07 Å². The van der Waals surface area contributed by atoms with E-state index in [1.807, 2.05) is 41.3 Å². The van der Waals surface area contributed by atoms with Crippen LogP contribution >= 0.6 is 11.3 Å². The number of aryl methyl sites for hydroxylation is 2. The summed E-state index contributed by atoms with van der Waals surface area (Å²) in [5.41, 5.74) is 2.94. The molecule has 1 amide bonds. The fraction of sp³-hybridized carbons (Fsp3) is 0.304. The van der Waals surface area contributed by atoms with Gasteiger partial charge in [-0.2, -0.15) is 8.42 Å². The van der Waals surface area contributed by atoms with Crippen LogP contribution in [0.4, 0.5) is 5.69 Å². The third kappa shape index (κ3) is 7.85. The number of rotatable bonds is 11. The van der Waals surface area contributed by atoms with E-state index >= 15 is 0 Å². The van der Waals surface area contributed by atoms with Crippen molar-refractivity contribution < 1.29 is 22.5 Å². The van der Waals surface area contributed by atoms with Crippen LogP contribution in [0.25, 0.3) is 0 Å². The second kappa shape index (κ2) is 11.3. The highest BCUT2D eigenvalue weighted by atomic mass is 32.2. The fourth-order valence-electron chi connectivity index (χ4n) is 3.21. The number of carbonyl (C=O) groups excluding carboxylic acids is 1. The lowest BCUT2D eigenvalue weighted by molar-refractivity contribution is -0.121. The molecule has 1 aromatic heterocycles. The zero-order chi connectivity index (χ0) is 23.8. The summed E-state index contributed by atoms with van der Waals surface area (Å²) < 4.78 is 38.1. The van der Waals surface area contributed by atoms with Gasteiger partial charge in [0.1, 0.15) is 10.8 Å². The summed E-state index contributed by atoms with van der Waals surface area (Å²) in [6.07, 6.45) is 2.13. The van der Waals surface area contributed by atoms with Crippen molar-refractivity contribution >= 4 is 33.2 Å². The molecular weight excluding hydrogens is 462 g/mol. The van der Waals surface area contributed by atoms with Crippen LogP contribution in [0.5, 0.6) is 5.75 Å². The van der Waals surface area contributed by atoms with Gasteiger partial charge in [0.15, 0.2) is 0 Å². The van der Waals surface area contributed by atoms with Crippen molar-refractivity contribution in [1.29, 1.82) is 0 Å². The number of thiazole rings is 1. The Bertz CT molecular complexity index is 1180. The van der Waals surface area contributed by atoms with Gasteiger partial charge in [-0.25, -0.2) is 4.98 Å². The van der Waals surface area contributed by atoms with E-state index in [0.717, 1.165) is 34.0 Å². The van der Waals surface area contributed by atoms with E-state index in [-0.39, 0.29) is 17.6 Å². The highest BCUT2D eigenvalue weighted by Gasteiger charge is 2.19. The van der Waals surface area contributed by atoms with Crippen molar-refractivity contribution in [2.45, 2.75) is 38.6 Å². The molecule has 10 heteroatoms. The number of nitrogens with zero attached hydrogens (tertiary/aromatic N) is 1. The molecule has 1 heterocycles. The molecule has 3 rings (SSSR count). The number of benzene rings is 2. The smallest absolute Gasteiger partial charge is 0.357 e. The zero-order valence-electron chi connectivity index (χ0n) is 18.4. The number of amides is 1. The Morgan fingerprint density at radius 2 is 2.12 bits per heavy atom. The number of carbonyl (C=O) groups is 1. The molecule has 0 aliphatic rings. The third-order valence-electron chi connectivity index (χ3n) is 4.89. The number of hydrogen-bond donors (Lipinski definition) is 3. The number of hydrogen-bond acceptors (Lipinski definition) is 6. The van der Waals surface area contributed by atoms with Gasteiger partial charge in [0.05, 0.1) is 24.5 Å². The van der Waals surface area contributed by atoms with E-state index in [2.05, 4.69) is 16.4 Å². The van der Waals surface area contributed by atoms with Crippen LogP contribution in [-0.4, -0.2) is 31.0 Å². The lowest BCUT2D eigenvalue weighted by Crippen LogP contribution is -2.30. The molecule has 1 radical (unpaired) electrons. The van der Waals surface area contributed by atoms with Gasteiger partial charge < -0.3 is 10.1 Å². The van der Waals surface area contributed by atoms with Gasteiger partial charge >= 0.3 is 10.3 Å². The van der Waals surface area contributed by atoms with Crippen LogP contribution in [0.2, 0.25) is 0 Å². The topological polar surface area (TPSA) is 118 Å². The Morgan fingerprint density at radius 1 is 1.30 bits per heavy atom. The van der Waals surface area contributed by atoms with Crippen molar-refractivity contribution in [1.82, 2.24) is 10.3 Å². The Morgan fingerprint density at radius 3 is 2.76 bits per heavy atom. The first-order valence-electron chi connectivity index (χ1n) is 10.4. The Balaban J connectivity index is 1.69. The summed E-state index contributed by atoms with van der Waals surface area (Å²) >= 11 is 1.49. The molecule has 2 aromatic carbocycles. The van der Waals surface area contributed by atoms with Gasteiger partial charge in [-0.15, -0.1) is 11.3 Å². The third-order valence-corrected chi connectivity index (χ3v) is 6.39. The van der Waals surface area contributed by atoms with Crippen LogP contribution in [0.15, 0.2) is 47.8 Å². The van der Waals surface area contributed by atoms with Gasteiger partial charge in [-0.1, -0.05) is 25.1 Å². The molecule has 0 saturated heterocycles. The van der Waals surface area contributed by atoms with Crippen molar-refractivity contribution in [3.05, 3.63) is 75.7 Å². The minimum Gasteiger partial charge on any atom is -0.497 e. The van der Waals surface area contributed by atoms with Crippen molar-refractivity contribution in [3.8, 4) is 5.75 Å². The first kappa shape index (κ1) is 24.7. The van der Waals surface area contributed by atoms with Crippen molar-refractivity contribution in [3.63, 3.8) is 0 Å². The maximum absolute atomic E-state index is 12.8. The van der Waals surface area contributed by atoms with Crippen LogP contribution in [0.3, 0.4) is 0 Å². The summed E-state index contributed by atoms with van der Waals surface area (Å²) in [6, 6.07) is 14.9. The monoisotopic (exact) mass is 488 g/mol. The summed E-state index contributed by atoms with van der Waals surface area (Å²) in [4.78, 5) is 17.4. The van der Waals surface area contributed by atoms with E-state index in [0.29, 0.717) is 19.3 Å². The van der Waals surface area contributed by atoms with Gasteiger partial charge in [-0.05, 0) is 60.7 Å². The van der Waals surface area contributed by atoms with Crippen LogP contribution in [-0.2, 0) is 34.4 Å². The standard InChI is InChI=1S/C23H26N3O5S2/c1-3-18-15-32-23(24-18)21(14-17-7-10-19(11-8-17)26-33(28,29)30)25-22(27)12-9-16-5-4-6-20(13-16)31-2/h4-7,10-11,13,15,21,26H,3,9,12,14H2,1-2H3,(H,25,27)(H,28,29,30). The first-order chi connectivity index (χ1) is 15.8. The number of ether oxygens (including phenoxy) is 1. The largest absolute Gasteiger partial charge is 0.497 e. The number of methoxy groups -OCH3 is 1. The molecule has 3 N–H and O–H groups in total. The van der Waals surface area contributed by atoms with Gasteiger partial charge in [0.25, 0.3) is 0 Å². The highest BCUT2D eigenvalue weighted by Crippen LogP contribution is 2.24. The minimum atomic E-state index is -4.35. The maximum Gasteiger partial charge on any atom is 0.357 e. The lowest BCUT2D eigenvalue weighted by atomic mass is 10.0. The maximum atomic E-state index is 12.8. The number of nitrogens with one attached hydrogen (secondary N) is 2. The van der Waals surface area contributed by atoms with Crippen molar-refractivity contribution in [2.75, 3.05) is 11.8 Å². The van der Waals surface area contributed by atoms with Gasteiger partial charge in [0, 0.05) is 11.8 Å². The van der Waals surface area contributed by atoms with Gasteiger partial charge in [0.2, 0.25) is 5.91 Å². The second-order valence-electron chi connectivity index (χ2n) is 7.39. The minimum absolute atomic E-state index is 0.0965. The van der Waals surface area contributed by atoms with E-state index in [1.165, 1.54) is 23.5 Å². The van der Waals surface area contributed by atoms with Crippen LogP contribution in [0.1, 0.15) is 41.2 Å². The fourth-order valence-corrected chi connectivity index (χ4v) is 4.59. The molecule has 0 spiro atoms. The summed E-state index contributed by atoms with van der Waals surface area (Å²) in [7, 11) is -2.74. The molecule has 0 aliphatic carbocycles. The molecule has 1 atom stereocenters. The van der Waals surface area contributed by atoms with Crippen LogP contribution < -0.4 is 14.8 Å². The Hall–Kier alpha value is -2.95. The van der Waals surface area contributed by atoms with Crippen molar-refractivity contribution in [2.24, 2.45) is 0 Å². The zero-order valence-corrected chi connectivity index (χ0v) is 20.0. The van der Waals surface area contributed by atoms with Gasteiger partial charge in [-0.3, -0.25) is 14.1 Å². The molecule has 0 saturated carbocycles.